The van der Waals surface area contributed by atoms with Crippen LogP contribution in [0.3, 0.4) is 0 Å². The number of methoxy groups -OCH3 is 1. The molecule has 2 N–H and O–H groups in total. The highest BCUT2D eigenvalue weighted by Gasteiger charge is 2.47. The standard InChI is InChI=1S/C16H33N3O/c1-4-18(5-2)14-9-11-19(12-14)16(13-17)10-7-6-8-15(16)20-3/h14-15H,4-13,17H2,1-3H3. The molecule has 0 spiro atoms. The first-order valence-electron chi connectivity index (χ1n) is 8.43. The van der Waals surface area contributed by atoms with Gasteiger partial charge in [0.25, 0.3) is 0 Å². The highest BCUT2D eigenvalue weighted by atomic mass is 16.5. The van der Waals surface area contributed by atoms with E-state index in [0.717, 1.165) is 19.6 Å². The lowest BCUT2D eigenvalue weighted by atomic mass is 9.77. The van der Waals surface area contributed by atoms with Gasteiger partial charge >= 0.3 is 0 Å². The molecule has 0 aromatic rings. The summed E-state index contributed by atoms with van der Waals surface area (Å²) in [6.07, 6.45) is 6.54. The Morgan fingerprint density at radius 1 is 1.25 bits per heavy atom. The zero-order chi connectivity index (χ0) is 14.6. The molecular formula is C16H33N3O. The summed E-state index contributed by atoms with van der Waals surface area (Å²) in [4.78, 5) is 5.25. The molecule has 1 heterocycles. The Hall–Kier alpha value is -0.160. The van der Waals surface area contributed by atoms with Crippen LogP contribution in [0.5, 0.6) is 0 Å². The molecule has 0 amide bonds. The molecule has 4 nitrogen and oxygen atoms in total. The largest absolute Gasteiger partial charge is 0.379 e. The zero-order valence-corrected chi connectivity index (χ0v) is 13.6. The van der Waals surface area contributed by atoms with Crippen LogP contribution in [0.2, 0.25) is 0 Å². The first-order chi connectivity index (χ1) is 9.71. The van der Waals surface area contributed by atoms with E-state index in [1.54, 1.807) is 0 Å². The maximum atomic E-state index is 6.24. The molecule has 4 heteroatoms. The van der Waals surface area contributed by atoms with Gasteiger partial charge in [-0.15, -0.1) is 0 Å². The van der Waals surface area contributed by atoms with Gasteiger partial charge in [-0.1, -0.05) is 26.7 Å². The molecule has 1 aliphatic heterocycles. The molecule has 118 valence electrons. The average Bonchev–Trinajstić information content (AvgIpc) is 2.98. The molecule has 1 saturated heterocycles. The van der Waals surface area contributed by atoms with E-state index in [1.807, 2.05) is 7.11 Å². The fourth-order valence-electron chi connectivity index (χ4n) is 4.44. The summed E-state index contributed by atoms with van der Waals surface area (Å²) in [7, 11) is 1.86. The third-order valence-corrected chi connectivity index (χ3v) is 5.69. The van der Waals surface area contributed by atoms with Gasteiger partial charge in [-0.05, 0) is 32.4 Å². The van der Waals surface area contributed by atoms with Crippen LogP contribution in [0.1, 0.15) is 46.0 Å². The molecule has 20 heavy (non-hydrogen) atoms. The summed E-state index contributed by atoms with van der Waals surface area (Å²) in [6, 6.07) is 0.702. The smallest absolute Gasteiger partial charge is 0.0767 e. The van der Waals surface area contributed by atoms with Crippen LogP contribution in [0, 0.1) is 0 Å². The molecule has 2 aliphatic rings. The van der Waals surface area contributed by atoms with Gasteiger partial charge in [0.2, 0.25) is 0 Å². The van der Waals surface area contributed by atoms with E-state index < -0.39 is 0 Å². The Balaban J connectivity index is 2.08. The number of hydrogen-bond acceptors (Lipinski definition) is 4. The minimum Gasteiger partial charge on any atom is -0.379 e. The quantitative estimate of drug-likeness (QED) is 0.805. The molecule has 3 atom stereocenters. The van der Waals surface area contributed by atoms with Gasteiger partial charge < -0.3 is 10.5 Å². The minimum absolute atomic E-state index is 0.0922. The van der Waals surface area contributed by atoms with Crippen molar-refractivity contribution in [2.45, 2.75) is 63.6 Å². The monoisotopic (exact) mass is 283 g/mol. The maximum absolute atomic E-state index is 6.24. The summed E-state index contributed by atoms with van der Waals surface area (Å²) >= 11 is 0. The highest BCUT2D eigenvalue weighted by molar-refractivity contribution is 5.04. The Kier molecular flexibility index (Phi) is 5.84. The number of nitrogens with zero attached hydrogens (tertiary/aromatic N) is 2. The van der Waals surface area contributed by atoms with Crippen molar-refractivity contribution < 1.29 is 4.74 Å². The van der Waals surface area contributed by atoms with Gasteiger partial charge in [0.15, 0.2) is 0 Å². The predicted octanol–water partition coefficient (Wildman–Crippen LogP) is 1.69. The average molecular weight is 283 g/mol. The number of ether oxygens (including phenoxy) is 1. The number of rotatable bonds is 6. The first-order valence-corrected chi connectivity index (χ1v) is 8.43. The Morgan fingerprint density at radius 2 is 2.00 bits per heavy atom. The van der Waals surface area contributed by atoms with Crippen molar-refractivity contribution in [3.63, 3.8) is 0 Å². The summed E-state index contributed by atoms with van der Waals surface area (Å²) in [5.74, 6) is 0. The lowest BCUT2D eigenvalue weighted by Crippen LogP contribution is -2.62. The SMILES string of the molecule is CCN(CC)C1CCN(C2(CN)CCCCC2OC)C1. The maximum Gasteiger partial charge on any atom is 0.0767 e. The van der Waals surface area contributed by atoms with Crippen molar-refractivity contribution in [1.82, 2.24) is 9.80 Å². The molecular weight excluding hydrogens is 250 g/mol. The van der Waals surface area contributed by atoms with Crippen molar-refractivity contribution >= 4 is 0 Å². The van der Waals surface area contributed by atoms with Crippen molar-refractivity contribution in [3.8, 4) is 0 Å². The van der Waals surface area contributed by atoms with Crippen LogP contribution in [-0.4, -0.2) is 67.3 Å². The van der Waals surface area contributed by atoms with Crippen LogP contribution in [0.15, 0.2) is 0 Å². The highest BCUT2D eigenvalue weighted by Crippen LogP contribution is 2.37. The van der Waals surface area contributed by atoms with E-state index in [0.29, 0.717) is 12.1 Å². The van der Waals surface area contributed by atoms with Crippen LogP contribution in [0.25, 0.3) is 0 Å². The third kappa shape index (κ3) is 2.89. The molecule has 3 unspecified atom stereocenters. The molecule has 2 fully saturated rings. The fraction of sp³-hybridized carbons (Fsp3) is 1.00. The number of likely N-dealkylation sites (tertiary alicyclic amines) is 1. The van der Waals surface area contributed by atoms with Gasteiger partial charge in [-0.25, -0.2) is 0 Å². The van der Waals surface area contributed by atoms with E-state index in [-0.39, 0.29) is 5.54 Å². The third-order valence-electron chi connectivity index (χ3n) is 5.69. The van der Waals surface area contributed by atoms with Gasteiger partial charge in [0.05, 0.1) is 11.6 Å². The number of likely N-dealkylation sites (N-methyl/N-ethyl adjacent to an activating group) is 1. The van der Waals surface area contributed by atoms with E-state index in [2.05, 4.69) is 23.6 Å². The van der Waals surface area contributed by atoms with E-state index in [1.165, 1.54) is 45.2 Å². The van der Waals surface area contributed by atoms with E-state index in [4.69, 9.17) is 10.5 Å². The molecule has 0 aromatic carbocycles. The minimum atomic E-state index is 0.0922. The molecule has 2 rings (SSSR count). The molecule has 1 aliphatic carbocycles. The van der Waals surface area contributed by atoms with Gasteiger partial charge in [-0.2, -0.15) is 0 Å². The van der Waals surface area contributed by atoms with Crippen molar-refractivity contribution in [3.05, 3.63) is 0 Å². The van der Waals surface area contributed by atoms with Gasteiger partial charge in [-0.3, -0.25) is 9.80 Å². The lowest BCUT2D eigenvalue weighted by molar-refractivity contribution is -0.0688. The molecule has 0 radical (unpaired) electrons. The second kappa shape index (κ2) is 7.21. The van der Waals surface area contributed by atoms with Crippen molar-refractivity contribution in [2.24, 2.45) is 5.73 Å². The Bertz CT molecular complexity index is 295. The van der Waals surface area contributed by atoms with Crippen LogP contribution < -0.4 is 5.73 Å². The van der Waals surface area contributed by atoms with Gasteiger partial charge in [0, 0.05) is 32.8 Å². The van der Waals surface area contributed by atoms with E-state index in [9.17, 15) is 0 Å². The van der Waals surface area contributed by atoms with E-state index >= 15 is 0 Å². The summed E-state index contributed by atoms with van der Waals surface area (Å²) in [6.45, 7) is 9.91. The number of hydrogen-bond donors (Lipinski definition) is 1. The van der Waals surface area contributed by atoms with Crippen molar-refractivity contribution in [1.29, 1.82) is 0 Å². The Labute approximate surface area is 124 Å². The number of nitrogens with two attached hydrogens (primary N) is 1. The molecule has 0 aromatic heterocycles. The van der Waals surface area contributed by atoms with Crippen molar-refractivity contribution in [2.75, 3.05) is 39.8 Å². The topological polar surface area (TPSA) is 41.7 Å². The summed E-state index contributed by atoms with van der Waals surface area (Å²) < 4.78 is 5.82. The van der Waals surface area contributed by atoms with Gasteiger partial charge in [0.1, 0.15) is 0 Å². The lowest BCUT2D eigenvalue weighted by Gasteiger charge is -2.49. The first kappa shape index (κ1) is 16.2. The Morgan fingerprint density at radius 3 is 2.60 bits per heavy atom. The normalized spacial score (nSPS) is 35.9. The van der Waals surface area contributed by atoms with Crippen LogP contribution in [-0.2, 0) is 4.74 Å². The molecule has 1 saturated carbocycles. The van der Waals surface area contributed by atoms with Crippen LogP contribution >= 0.6 is 0 Å². The summed E-state index contributed by atoms with van der Waals surface area (Å²) in [5, 5.41) is 0. The second-order valence-corrected chi connectivity index (χ2v) is 6.39. The van der Waals surface area contributed by atoms with Crippen LogP contribution in [0.4, 0.5) is 0 Å². The summed E-state index contributed by atoms with van der Waals surface area (Å²) in [5.41, 5.74) is 6.33. The second-order valence-electron chi connectivity index (χ2n) is 6.39. The zero-order valence-electron chi connectivity index (χ0n) is 13.6. The molecule has 0 bridgehead atoms. The fourth-order valence-corrected chi connectivity index (χ4v) is 4.44. The predicted molar refractivity (Wildman–Crippen MR) is 83.9 cm³/mol.